The molecule has 0 saturated heterocycles. The van der Waals surface area contributed by atoms with Gasteiger partial charge in [0.25, 0.3) is 0 Å². The van der Waals surface area contributed by atoms with Crippen LogP contribution in [0.1, 0.15) is 0 Å². The predicted octanol–water partition coefficient (Wildman–Crippen LogP) is 7.22. The van der Waals surface area contributed by atoms with Crippen molar-refractivity contribution < 1.29 is 22.4 Å². The predicted molar refractivity (Wildman–Crippen MR) is 149 cm³/mol. The Bertz CT molecular complexity index is 1720. The van der Waals surface area contributed by atoms with Gasteiger partial charge in [-0.15, -0.1) is 5.52 Å². The summed E-state index contributed by atoms with van der Waals surface area (Å²) < 4.78 is 0. The summed E-state index contributed by atoms with van der Waals surface area (Å²) in [6.45, 7) is 0. The Morgan fingerprint density at radius 3 is 1.82 bits per heavy atom. The average Bonchev–Trinajstić information content (AvgIpc) is 3.48. The number of benzene rings is 3. The zero-order valence-electron chi connectivity index (χ0n) is 20.2. The minimum Gasteiger partial charge on any atom is -0.663 e. The van der Waals surface area contributed by atoms with E-state index in [9.17, 15) is 0 Å². The van der Waals surface area contributed by atoms with E-state index in [2.05, 4.69) is 49.2 Å². The van der Waals surface area contributed by atoms with Crippen molar-refractivity contribution in [3.05, 3.63) is 134 Å². The van der Waals surface area contributed by atoms with Crippen molar-refractivity contribution in [2.75, 3.05) is 0 Å². The van der Waals surface area contributed by atoms with E-state index in [4.69, 9.17) is 0 Å². The molecule has 0 aliphatic rings. The second kappa shape index (κ2) is 11.8. The van der Waals surface area contributed by atoms with Crippen LogP contribution in [0.3, 0.4) is 0 Å². The normalized spacial score (nSPS) is 10.4. The summed E-state index contributed by atoms with van der Waals surface area (Å²) in [5, 5.41) is 2.20. The summed E-state index contributed by atoms with van der Waals surface area (Å²) in [5.41, 5.74) is 8.10. The van der Waals surface area contributed by atoms with Gasteiger partial charge in [0.1, 0.15) is 6.33 Å². The number of rotatable bonds is 3. The van der Waals surface area contributed by atoms with Crippen molar-refractivity contribution in [2.24, 2.45) is 0 Å². The standard InChI is InChI=1S/C16H10N3.C16H12N2.Ag/c1-2-7-14-12(5-1)16(19-10-18-14)13-6-3-4-11-8-9-17-15(11)13;1-2-8-14(16-10-4-6-12-18-16)13(7-1)15-9-3-5-11-17-15;/h1-10H;1-12H;/q-1;;+1. The Morgan fingerprint density at radius 1 is 0.500 bits per heavy atom. The van der Waals surface area contributed by atoms with E-state index in [1.54, 1.807) is 6.33 Å². The van der Waals surface area contributed by atoms with Gasteiger partial charge in [-0.25, -0.2) is 9.97 Å². The molecule has 0 aliphatic heterocycles. The second-order valence-corrected chi connectivity index (χ2v) is 8.40. The Kier molecular flexibility index (Phi) is 7.81. The van der Waals surface area contributed by atoms with Crippen molar-refractivity contribution in [2.45, 2.75) is 0 Å². The second-order valence-electron chi connectivity index (χ2n) is 8.40. The summed E-state index contributed by atoms with van der Waals surface area (Å²) in [6.07, 6.45) is 7.06. The molecule has 0 unspecified atom stereocenters. The fourth-order valence-corrected chi connectivity index (χ4v) is 4.42. The zero-order valence-corrected chi connectivity index (χ0v) is 21.7. The summed E-state index contributed by atoms with van der Waals surface area (Å²) in [6, 6.07) is 36.3. The molecule has 38 heavy (non-hydrogen) atoms. The third-order valence-corrected chi connectivity index (χ3v) is 6.13. The van der Waals surface area contributed by atoms with Crippen LogP contribution in [0.15, 0.2) is 134 Å². The van der Waals surface area contributed by atoms with Crippen LogP contribution < -0.4 is 4.98 Å². The molecule has 0 radical (unpaired) electrons. The van der Waals surface area contributed by atoms with E-state index in [0.29, 0.717) is 0 Å². The molecule has 7 rings (SSSR count). The van der Waals surface area contributed by atoms with E-state index in [0.717, 1.165) is 55.6 Å². The molecule has 0 bridgehead atoms. The van der Waals surface area contributed by atoms with Gasteiger partial charge in [0.15, 0.2) is 0 Å². The van der Waals surface area contributed by atoms with Crippen molar-refractivity contribution in [1.82, 2.24) is 24.9 Å². The van der Waals surface area contributed by atoms with Gasteiger partial charge in [-0.05, 0) is 41.3 Å². The number of aromatic nitrogens is 5. The summed E-state index contributed by atoms with van der Waals surface area (Å²) in [5.74, 6) is 0. The van der Waals surface area contributed by atoms with Crippen LogP contribution in [0.25, 0.3) is 55.6 Å². The minimum absolute atomic E-state index is 0. The van der Waals surface area contributed by atoms with Crippen LogP contribution in [0.5, 0.6) is 0 Å². The van der Waals surface area contributed by atoms with Gasteiger partial charge in [-0.1, -0.05) is 78.9 Å². The molecule has 0 N–H and O–H groups in total. The van der Waals surface area contributed by atoms with Gasteiger partial charge < -0.3 is 4.98 Å². The molecule has 0 spiro atoms. The van der Waals surface area contributed by atoms with Gasteiger partial charge in [0, 0.05) is 28.9 Å². The molecule has 4 heterocycles. The minimum atomic E-state index is 0. The first kappa shape index (κ1) is 25.2. The smallest absolute Gasteiger partial charge is 0.663 e. The molecule has 6 heteroatoms. The monoisotopic (exact) mass is 583 g/mol. The molecular weight excluding hydrogens is 562 g/mol. The van der Waals surface area contributed by atoms with Gasteiger partial charge in [0.2, 0.25) is 0 Å². The van der Waals surface area contributed by atoms with Crippen LogP contribution in [0.2, 0.25) is 0 Å². The van der Waals surface area contributed by atoms with E-state index < -0.39 is 0 Å². The Morgan fingerprint density at radius 2 is 1.13 bits per heavy atom. The Labute approximate surface area is 236 Å². The van der Waals surface area contributed by atoms with E-state index >= 15 is 0 Å². The van der Waals surface area contributed by atoms with Gasteiger partial charge in [0.05, 0.1) is 22.6 Å². The number of nitrogens with zero attached hydrogens (tertiary/aromatic N) is 5. The van der Waals surface area contributed by atoms with Gasteiger partial charge in [-0.2, -0.15) is 6.20 Å². The summed E-state index contributed by atoms with van der Waals surface area (Å²) >= 11 is 0. The number of fused-ring (bicyclic) bond motifs is 2. The maximum Gasteiger partial charge on any atom is 1.00 e. The molecule has 186 valence electrons. The van der Waals surface area contributed by atoms with E-state index in [1.165, 1.54) is 0 Å². The van der Waals surface area contributed by atoms with Crippen LogP contribution in [-0.2, 0) is 22.4 Å². The van der Waals surface area contributed by atoms with E-state index in [1.807, 2.05) is 104 Å². The molecule has 3 aromatic carbocycles. The third-order valence-electron chi connectivity index (χ3n) is 6.13. The van der Waals surface area contributed by atoms with Crippen LogP contribution in [0, 0.1) is 0 Å². The molecule has 0 saturated carbocycles. The van der Waals surface area contributed by atoms with E-state index in [-0.39, 0.29) is 22.4 Å². The summed E-state index contributed by atoms with van der Waals surface area (Å²) in [4.78, 5) is 22.0. The van der Waals surface area contributed by atoms with Crippen LogP contribution in [-0.4, -0.2) is 19.9 Å². The third kappa shape index (κ3) is 5.17. The maximum atomic E-state index is 4.46. The van der Waals surface area contributed by atoms with Gasteiger partial charge >= 0.3 is 22.4 Å². The van der Waals surface area contributed by atoms with Crippen molar-refractivity contribution in [3.63, 3.8) is 0 Å². The first-order chi connectivity index (χ1) is 18.4. The zero-order chi connectivity index (χ0) is 24.9. The molecule has 7 aromatic rings. The van der Waals surface area contributed by atoms with Gasteiger partial charge in [-0.3, -0.25) is 9.97 Å². The molecule has 0 aliphatic carbocycles. The number of para-hydroxylation sites is 2. The fourth-order valence-electron chi connectivity index (χ4n) is 4.42. The maximum absolute atomic E-state index is 4.46. The Balaban J connectivity index is 0.000000151. The van der Waals surface area contributed by atoms with Crippen molar-refractivity contribution in [1.29, 1.82) is 0 Å². The van der Waals surface area contributed by atoms with Crippen molar-refractivity contribution >= 4 is 21.8 Å². The molecule has 0 amide bonds. The SMILES string of the molecule is [Ag+].c1cc(-c2ncnc3ccccc23)c2[n-]ccc2c1.c1ccc(-c2ccccc2-c2ccccn2)nc1. The largest absolute Gasteiger partial charge is 1.00 e. The van der Waals surface area contributed by atoms with Crippen LogP contribution >= 0.6 is 0 Å². The number of pyridine rings is 2. The molecule has 0 fully saturated rings. The molecular formula is C32H22AgN5. The molecule has 0 atom stereocenters. The topological polar surface area (TPSA) is 65.7 Å². The van der Waals surface area contributed by atoms with Crippen molar-refractivity contribution in [3.8, 4) is 33.8 Å². The average molecular weight is 584 g/mol. The number of hydrogen-bond acceptors (Lipinski definition) is 4. The fraction of sp³-hybridized carbons (Fsp3) is 0. The van der Waals surface area contributed by atoms with Crippen LogP contribution in [0.4, 0.5) is 0 Å². The first-order valence-corrected chi connectivity index (χ1v) is 12.0. The Hall–Kier alpha value is -4.42. The number of hydrogen-bond donors (Lipinski definition) is 0. The molecule has 4 aromatic heterocycles. The summed E-state index contributed by atoms with van der Waals surface area (Å²) in [7, 11) is 0. The quantitative estimate of drug-likeness (QED) is 0.205. The first-order valence-electron chi connectivity index (χ1n) is 12.0. The molecule has 5 nitrogen and oxygen atoms in total.